The van der Waals surface area contributed by atoms with Gasteiger partial charge in [0.2, 0.25) is 0 Å². The molecule has 1 fully saturated rings. The van der Waals surface area contributed by atoms with E-state index >= 15 is 0 Å². The Hall–Kier alpha value is -4.30. The SMILES string of the molecule is CCOc1cc(C=C2C(=O)NC(=O)N(c3ccc(Cl)cc3)C2=O)ccc1OCCOc1cc(C)ccc1C. The minimum Gasteiger partial charge on any atom is -0.490 e. The average molecular weight is 535 g/mol. The highest BCUT2D eigenvalue weighted by Gasteiger charge is 2.36. The summed E-state index contributed by atoms with van der Waals surface area (Å²) in [4.78, 5) is 38.9. The summed E-state index contributed by atoms with van der Waals surface area (Å²) in [5.74, 6) is 0.219. The molecule has 0 unspecified atom stereocenters. The van der Waals surface area contributed by atoms with Crippen molar-refractivity contribution in [2.45, 2.75) is 20.8 Å². The summed E-state index contributed by atoms with van der Waals surface area (Å²) >= 11 is 5.92. The van der Waals surface area contributed by atoms with Gasteiger partial charge in [-0.3, -0.25) is 14.9 Å². The molecular formula is C29H27ClN2O6. The Morgan fingerprint density at radius 3 is 2.26 bits per heavy atom. The number of imide groups is 2. The first kappa shape index (κ1) is 26.8. The molecule has 3 aromatic rings. The number of nitrogens with zero attached hydrogens (tertiary/aromatic N) is 1. The Morgan fingerprint density at radius 2 is 1.55 bits per heavy atom. The van der Waals surface area contributed by atoms with E-state index in [4.69, 9.17) is 25.8 Å². The fourth-order valence-corrected chi connectivity index (χ4v) is 3.94. The number of ether oxygens (including phenoxy) is 3. The molecule has 1 aliphatic heterocycles. The molecule has 1 saturated heterocycles. The third-order valence-electron chi connectivity index (χ3n) is 5.71. The van der Waals surface area contributed by atoms with Crippen molar-refractivity contribution in [2.75, 3.05) is 24.7 Å². The fourth-order valence-electron chi connectivity index (χ4n) is 3.82. The van der Waals surface area contributed by atoms with E-state index in [1.54, 1.807) is 30.3 Å². The number of carbonyl (C=O) groups is 3. The third-order valence-corrected chi connectivity index (χ3v) is 5.96. The average Bonchev–Trinajstić information content (AvgIpc) is 2.88. The van der Waals surface area contributed by atoms with Crippen LogP contribution in [0.5, 0.6) is 17.2 Å². The van der Waals surface area contributed by atoms with Crippen LogP contribution >= 0.6 is 11.6 Å². The van der Waals surface area contributed by atoms with Crippen LogP contribution in [-0.4, -0.2) is 37.7 Å². The van der Waals surface area contributed by atoms with Gasteiger partial charge in [0.25, 0.3) is 11.8 Å². The van der Waals surface area contributed by atoms with Crippen molar-refractivity contribution >= 4 is 41.2 Å². The number of barbiturate groups is 1. The van der Waals surface area contributed by atoms with Gasteiger partial charge in [-0.2, -0.15) is 0 Å². The summed E-state index contributed by atoms with van der Waals surface area (Å²) in [6.07, 6.45) is 1.41. The smallest absolute Gasteiger partial charge is 0.335 e. The van der Waals surface area contributed by atoms with Gasteiger partial charge in [0.15, 0.2) is 11.5 Å². The van der Waals surface area contributed by atoms with Gasteiger partial charge in [-0.15, -0.1) is 0 Å². The minimum absolute atomic E-state index is 0.197. The maximum Gasteiger partial charge on any atom is 0.335 e. The third kappa shape index (κ3) is 6.15. The van der Waals surface area contributed by atoms with Crippen molar-refractivity contribution in [3.8, 4) is 17.2 Å². The van der Waals surface area contributed by atoms with Gasteiger partial charge in [-0.05, 0) is 86.0 Å². The van der Waals surface area contributed by atoms with Crippen LogP contribution in [0.3, 0.4) is 0 Å². The number of rotatable bonds is 9. The van der Waals surface area contributed by atoms with Gasteiger partial charge < -0.3 is 14.2 Å². The number of halogens is 1. The monoisotopic (exact) mass is 534 g/mol. The highest BCUT2D eigenvalue weighted by atomic mass is 35.5. The number of benzene rings is 3. The lowest BCUT2D eigenvalue weighted by molar-refractivity contribution is -0.122. The Kier molecular flexibility index (Phi) is 8.33. The second-order valence-electron chi connectivity index (χ2n) is 8.54. The second kappa shape index (κ2) is 11.8. The number of amides is 4. The molecule has 0 radical (unpaired) electrons. The number of anilines is 1. The standard InChI is InChI=1S/C29H27ClN2O6/c1-4-36-26-17-20(7-12-24(26)37-13-14-38-25-15-18(2)5-6-19(25)3)16-23-27(33)31-29(35)32(28(23)34)22-10-8-21(30)9-11-22/h5-12,15-17H,4,13-14H2,1-3H3,(H,31,33,35). The maximum absolute atomic E-state index is 13.1. The zero-order valence-electron chi connectivity index (χ0n) is 21.2. The zero-order chi connectivity index (χ0) is 27.2. The highest BCUT2D eigenvalue weighted by Crippen LogP contribution is 2.30. The van der Waals surface area contributed by atoms with E-state index < -0.39 is 17.8 Å². The summed E-state index contributed by atoms with van der Waals surface area (Å²) in [5.41, 5.74) is 2.77. The van der Waals surface area contributed by atoms with E-state index in [1.807, 2.05) is 39.0 Å². The lowest BCUT2D eigenvalue weighted by Gasteiger charge is -2.26. The quantitative estimate of drug-likeness (QED) is 0.222. The van der Waals surface area contributed by atoms with Gasteiger partial charge in [-0.1, -0.05) is 29.8 Å². The number of urea groups is 1. The van der Waals surface area contributed by atoms with E-state index in [0.29, 0.717) is 35.3 Å². The van der Waals surface area contributed by atoms with E-state index in [1.165, 1.54) is 18.2 Å². The summed E-state index contributed by atoms with van der Waals surface area (Å²) in [5, 5.41) is 2.66. The van der Waals surface area contributed by atoms with E-state index in [9.17, 15) is 14.4 Å². The molecule has 0 bridgehead atoms. The first-order valence-electron chi connectivity index (χ1n) is 12.0. The molecule has 4 rings (SSSR count). The van der Waals surface area contributed by atoms with Gasteiger partial charge in [0.05, 0.1) is 12.3 Å². The molecular weight excluding hydrogens is 508 g/mol. The largest absolute Gasteiger partial charge is 0.490 e. The number of hydrogen-bond donors (Lipinski definition) is 1. The number of hydrogen-bond acceptors (Lipinski definition) is 6. The Balaban J connectivity index is 1.50. The molecule has 1 aliphatic rings. The van der Waals surface area contributed by atoms with Crippen LogP contribution in [0, 0.1) is 13.8 Å². The summed E-state index contributed by atoms with van der Waals surface area (Å²) < 4.78 is 17.5. The summed E-state index contributed by atoms with van der Waals surface area (Å²) in [6.45, 7) is 6.83. The van der Waals surface area contributed by atoms with Gasteiger partial charge in [-0.25, -0.2) is 9.69 Å². The number of aryl methyl sites for hydroxylation is 2. The number of carbonyl (C=O) groups excluding carboxylic acids is 3. The van der Waals surface area contributed by atoms with Crippen molar-refractivity contribution in [3.05, 3.63) is 87.9 Å². The highest BCUT2D eigenvalue weighted by molar-refractivity contribution is 6.39. The van der Waals surface area contributed by atoms with Crippen molar-refractivity contribution in [3.63, 3.8) is 0 Å². The van der Waals surface area contributed by atoms with Crippen molar-refractivity contribution in [2.24, 2.45) is 0 Å². The fraction of sp³-hybridized carbons (Fsp3) is 0.207. The molecule has 1 heterocycles. The van der Waals surface area contributed by atoms with Crippen molar-refractivity contribution in [1.82, 2.24) is 5.32 Å². The van der Waals surface area contributed by atoms with Crippen molar-refractivity contribution < 1.29 is 28.6 Å². The lowest BCUT2D eigenvalue weighted by Crippen LogP contribution is -2.54. The van der Waals surface area contributed by atoms with Crippen LogP contribution in [0.4, 0.5) is 10.5 Å². The summed E-state index contributed by atoms with van der Waals surface area (Å²) in [7, 11) is 0. The molecule has 0 aromatic heterocycles. The predicted octanol–water partition coefficient (Wildman–Crippen LogP) is 5.48. The normalized spacial score (nSPS) is 14.5. The van der Waals surface area contributed by atoms with E-state index in [-0.39, 0.29) is 17.9 Å². The molecule has 0 spiro atoms. The Labute approximate surface area is 225 Å². The van der Waals surface area contributed by atoms with Gasteiger partial charge >= 0.3 is 6.03 Å². The predicted molar refractivity (Wildman–Crippen MR) is 145 cm³/mol. The molecule has 9 heteroatoms. The molecule has 196 valence electrons. The Morgan fingerprint density at radius 1 is 0.842 bits per heavy atom. The van der Waals surface area contributed by atoms with Crippen LogP contribution in [0.1, 0.15) is 23.6 Å². The topological polar surface area (TPSA) is 94.2 Å². The van der Waals surface area contributed by atoms with Crippen LogP contribution in [-0.2, 0) is 9.59 Å². The molecule has 0 atom stereocenters. The first-order valence-corrected chi connectivity index (χ1v) is 12.4. The van der Waals surface area contributed by atoms with Crippen LogP contribution in [0.2, 0.25) is 5.02 Å². The lowest BCUT2D eigenvalue weighted by atomic mass is 10.1. The van der Waals surface area contributed by atoms with Gasteiger partial charge in [0, 0.05) is 5.02 Å². The second-order valence-corrected chi connectivity index (χ2v) is 8.98. The molecule has 0 aliphatic carbocycles. The zero-order valence-corrected chi connectivity index (χ0v) is 22.0. The van der Waals surface area contributed by atoms with Gasteiger partial charge in [0.1, 0.15) is 24.5 Å². The molecule has 3 aromatic carbocycles. The Bertz CT molecular complexity index is 1400. The number of nitrogens with one attached hydrogen (secondary N) is 1. The summed E-state index contributed by atoms with van der Waals surface area (Å²) in [6, 6.07) is 16.4. The van der Waals surface area contributed by atoms with E-state index in [0.717, 1.165) is 21.8 Å². The van der Waals surface area contributed by atoms with Crippen LogP contribution in [0.15, 0.2) is 66.2 Å². The molecule has 1 N–H and O–H groups in total. The first-order chi connectivity index (χ1) is 18.3. The van der Waals surface area contributed by atoms with Crippen LogP contribution in [0.25, 0.3) is 6.08 Å². The van der Waals surface area contributed by atoms with Crippen LogP contribution < -0.4 is 24.4 Å². The molecule has 38 heavy (non-hydrogen) atoms. The maximum atomic E-state index is 13.1. The van der Waals surface area contributed by atoms with Crippen molar-refractivity contribution in [1.29, 1.82) is 0 Å². The molecule has 8 nitrogen and oxygen atoms in total. The van der Waals surface area contributed by atoms with E-state index in [2.05, 4.69) is 5.32 Å². The molecule has 4 amide bonds. The molecule has 0 saturated carbocycles. The minimum atomic E-state index is -0.832.